The van der Waals surface area contributed by atoms with Crippen molar-refractivity contribution >= 4 is 23.5 Å². The highest BCUT2D eigenvalue weighted by atomic mass is 35.5. The molecule has 1 heterocycles. The summed E-state index contributed by atoms with van der Waals surface area (Å²) in [5.41, 5.74) is -1.65. The van der Waals surface area contributed by atoms with Gasteiger partial charge in [-0.15, -0.1) is 0 Å². The molecule has 2 aromatic carbocycles. The molecule has 3 aromatic rings. The number of ether oxygens (including phenoxy) is 1. The molecule has 0 fully saturated rings. The molecule has 0 aliphatic carbocycles. The molecule has 1 amide bonds. The molecule has 0 aliphatic heterocycles. The van der Waals surface area contributed by atoms with E-state index in [2.05, 4.69) is 10.4 Å². The number of aromatic carboxylic acids is 1. The lowest BCUT2D eigenvalue weighted by Gasteiger charge is -2.16. The molecule has 1 atom stereocenters. The van der Waals surface area contributed by atoms with Gasteiger partial charge in [0.25, 0.3) is 5.91 Å². The summed E-state index contributed by atoms with van der Waals surface area (Å²) in [6, 6.07) is 10.8. The van der Waals surface area contributed by atoms with Crippen molar-refractivity contribution in [1.82, 2.24) is 15.1 Å². The van der Waals surface area contributed by atoms with Crippen LogP contribution in [0.4, 0.5) is 13.2 Å². The second-order valence-electron chi connectivity index (χ2n) is 6.83. The third kappa shape index (κ3) is 5.02. The number of alkyl halides is 3. The zero-order valence-corrected chi connectivity index (χ0v) is 17.5. The van der Waals surface area contributed by atoms with Crippen molar-refractivity contribution in [3.8, 4) is 11.6 Å². The van der Waals surface area contributed by atoms with Crippen molar-refractivity contribution in [2.75, 3.05) is 0 Å². The lowest BCUT2D eigenvalue weighted by Crippen LogP contribution is -2.28. The molecule has 32 heavy (non-hydrogen) atoms. The number of carbonyl (C=O) groups excluding carboxylic acids is 1. The summed E-state index contributed by atoms with van der Waals surface area (Å²) >= 11 is 5.90. The minimum Gasteiger partial charge on any atom is -0.478 e. The van der Waals surface area contributed by atoms with Gasteiger partial charge < -0.3 is 15.2 Å². The van der Waals surface area contributed by atoms with Crippen LogP contribution in [0.25, 0.3) is 0 Å². The molecule has 0 saturated carbocycles. The van der Waals surface area contributed by atoms with Crippen LogP contribution in [0.15, 0.2) is 48.5 Å². The predicted molar refractivity (Wildman–Crippen MR) is 109 cm³/mol. The predicted octanol–water partition coefficient (Wildman–Crippen LogP) is 5.07. The molecule has 11 heteroatoms. The number of nitrogens with one attached hydrogen (secondary N) is 1. The summed E-state index contributed by atoms with van der Waals surface area (Å²) in [6.45, 7) is 1.55. The Morgan fingerprint density at radius 1 is 1.19 bits per heavy atom. The van der Waals surface area contributed by atoms with Gasteiger partial charge in [0.2, 0.25) is 5.88 Å². The second kappa shape index (κ2) is 8.91. The van der Waals surface area contributed by atoms with Gasteiger partial charge in [-0.25, -0.2) is 9.48 Å². The van der Waals surface area contributed by atoms with Crippen LogP contribution >= 0.6 is 11.6 Å². The number of hydrogen-bond acceptors (Lipinski definition) is 4. The quantitative estimate of drug-likeness (QED) is 0.527. The number of carboxylic acid groups (broad SMARTS) is 1. The number of carboxylic acids is 1. The van der Waals surface area contributed by atoms with Crippen LogP contribution in [0.3, 0.4) is 0 Å². The maximum absolute atomic E-state index is 13.6. The van der Waals surface area contributed by atoms with E-state index in [-0.39, 0.29) is 11.3 Å². The van der Waals surface area contributed by atoms with Gasteiger partial charge in [0.1, 0.15) is 11.3 Å². The fraction of sp³-hybridized carbons (Fsp3) is 0.190. The van der Waals surface area contributed by atoms with E-state index in [4.69, 9.17) is 21.4 Å². The molecule has 0 spiro atoms. The molecule has 0 bridgehead atoms. The van der Waals surface area contributed by atoms with Gasteiger partial charge in [-0.2, -0.15) is 18.3 Å². The van der Waals surface area contributed by atoms with Gasteiger partial charge in [-0.3, -0.25) is 4.79 Å². The largest absolute Gasteiger partial charge is 0.478 e. The standard InChI is InChI=1S/C21H17ClF3N3O4/c1-11(12-6-8-13(9-7-12)20(30)31)26-18(29)16-17(21(23,24)25)27-28(2)19(16)32-15-5-3-4-14(22)10-15/h3-11H,1-2H3,(H,26,29)(H,30,31)/t11-/m0/s1. The smallest absolute Gasteiger partial charge is 0.436 e. The Labute approximate surface area is 185 Å². The van der Waals surface area contributed by atoms with Gasteiger partial charge in [0, 0.05) is 12.1 Å². The van der Waals surface area contributed by atoms with E-state index in [1.165, 1.54) is 43.4 Å². The van der Waals surface area contributed by atoms with Gasteiger partial charge >= 0.3 is 12.1 Å². The SMILES string of the molecule is C[C@H](NC(=O)c1c(C(F)(F)F)nn(C)c1Oc1cccc(Cl)c1)c1ccc(C(=O)O)cc1. The topological polar surface area (TPSA) is 93.5 Å². The first-order valence-electron chi connectivity index (χ1n) is 9.19. The first-order chi connectivity index (χ1) is 15.0. The van der Waals surface area contributed by atoms with Crippen LogP contribution in [0.1, 0.15) is 44.9 Å². The Morgan fingerprint density at radius 3 is 2.41 bits per heavy atom. The summed E-state index contributed by atoms with van der Waals surface area (Å²) in [7, 11) is 1.22. The van der Waals surface area contributed by atoms with E-state index in [9.17, 15) is 22.8 Å². The molecular formula is C21H17ClF3N3O4. The molecule has 3 rings (SSSR count). The molecule has 0 aliphatic rings. The van der Waals surface area contributed by atoms with Crippen LogP contribution in [-0.2, 0) is 13.2 Å². The number of carbonyl (C=O) groups is 2. The van der Waals surface area contributed by atoms with Crippen molar-refractivity contribution in [1.29, 1.82) is 0 Å². The number of aryl methyl sites for hydroxylation is 1. The zero-order valence-electron chi connectivity index (χ0n) is 16.8. The van der Waals surface area contributed by atoms with Crippen LogP contribution in [0.5, 0.6) is 11.6 Å². The minimum atomic E-state index is -4.91. The van der Waals surface area contributed by atoms with Crippen molar-refractivity contribution in [2.24, 2.45) is 7.05 Å². The van der Waals surface area contributed by atoms with E-state index >= 15 is 0 Å². The van der Waals surface area contributed by atoms with Crippen molar-refractivity contribution in [3.63, 3.8) is 0 Å². The van der Waals surface area contributed by atoms with Gasteiger partial charge in [-0.1, -0.05) is 29.8 Å². The van der Waals surface area contributed by atoms with Crippen LogP contribution in [0.2, 0.25) is 5.02 Å². The number of halogens is 4. The Kier molecular flexibility index (Phi) is 6.45. The lowest BCUT2D eigenvalue weighted by atomic mass is 10.1. The number of benzene rings is 2. The third-order valence-electron chi connectivity index (χ3n) is 4.51. The average Bonchev–Trinajstić information content (AvgIpc) is 3.04. The molecule has 0 unspecified atom stereocenters. The maximum Gasteiger partial charge on any atom is 0.436 e. The van der Waals surface area contributed by atoms with Crippen LogP contribution < -0.4 is 10.1 Å². The van der Waals surface area contributed by atoms with E-state index in [0.717, 1.165) is 4.68 Å². The molecule has 0 radical (unpaired) electrons. The van der Waals surface area contributed by atoms with Crippen LogP contribution in [-0.4, -0.2) is 26.8 Å². The summed E-state index contributed by atoms with van der Waals surface area (Å²) in [6.07, 6.45) is -4.91. The highest BCUT2D eigenvalue weighted by Crippen LogP contribution is 2.37. The Morgan fingerprint density at radius 2 is 1.84 bits per heavy atom. The number of hydrogen-bond donors (Lipinski definition) is 2. The summed E-state index contributed by atoms with van der Waals surface area (Å²) in [5.74, 6) is -2.47. The summed E-state index contributed by atoms with van der Waals surface area (Å²) in [4.78, 5) is 23.9. The molecule has 168 valence electrons. The third-order valence-corrected chi connectivity index (χ3v) is 4.74. The Balaban J connectivity index is 1.95. The highest BCUT2D eigenvalue weighted by Gasteiger charge is 2.42. The fourth-order valence-corrected chi connectivity index (χ4v) is 3.12. The number of rotatable bonds is 6. The van der Waals surface area contributed by atoms with E-state index in [1.54, 1.807) is 19.1 Å². The Hall–Kier alpha value is -3.53. The highest BCUT2D eigenvalue weighted by molar-refractivity contribution is 6.30. The molecule has 2 N–H and O–H groups in total. The first kappa shape index (κ1) is 23.1. The van der Waals surface area contributed by atoms with Crippen LogP contribution in [0, 0.1) is 0 Å². The van der Waals surface area contributed by atoms with Crippen molar-refractivity contribution in [3.05, 3.63) is 75.9 Å². The Bertz CT molecular complexity index is 1160. The molecular weight excluding hydrogens is 451 g/mol. The van der Waals surface area contributed by atoms with E-state index in [0.29, 0.717) is 10.6 Å². The normalized spacial score (nSPS) is 12.3. The van der Waals surface area contributed by atoms with Gasteiger partial charge in [0.05, 0.1) is 11.6 Å². The summed E-state index contributed by atoms with van der Waals surface area (Å²) < 4.78 is 47.2. The lowest BCUT2D eigenvalue weighted by molar-refractivity contribution is -0.141. The zero-order chi connectivity index (χ0) is 23.6. The van der Waals surface area contributed by atoms with E-state index < -0.39 is 41.2 Å². The number of nitrogens with zero attached hydrogens (tertiary/aromatic N) is 2. The van der Waals surface area contributed by atoms with Crippen molar-refractivity contribution in [2.45, 2.75) is 19.1 Å². The fourth-order valence-electron chi connectivity index (χ4n) is 2.94. The molecule has 1 aromatic heterocycles. The second-order valence-corrected chi connectivity index (χ2v) is 7.27. The molecule has 7 nitrogen and oxygen atoms in total. The van der Waals surface area contributed by atoms with Gasteiger partial charge in [-0.05, 0) is 42.8 Å². The minimum absolute atomic E-state index is 0.0381. The number of aromatic nitrogens is 2. The molecule has 0 saturated heterocycles. The van der Waals surface area contributed by atoms with Gasteiger partial charge in [0.15, 0.2) is 5.69 Å². The van der Waals surface area contributed by atoms with E-state index in [1.807, 2.05) is 0 Å². The number of amides is 1. The van der Waals surface area contributed by atoms with Crippen molar-refractivity contribution < 1.29 is 32.6 Å². The summed E-state index contributed by atoms with van der Waals surface area (Å²) in [5, 5.41) is 15.2. The monoisotopic (exact) mass is 467 g/mol. The first-order valence-corrected chi connectivity index (χ1v) is 9.57. The maximum atomic E-state index is 13.6. The average molecular weight is 468 g/mol.